The van der Waals surface area contributed by atoms with Crippen LogP contribution >= 0.6 is 0 Å². The van der Waals surface area contributed by atoms with Crippen LogP contribution in [0.15, 0.2) is 30.6 Å². The molecule has 2 rings (SSSR count). The quantitative estimate of drug-likeness (QED) is 0.938. The fourth-order valence-electron chi connectivity index (χ4n) is 1.95. The molecule has 20 heavy (non-hydrogen) atoms. The molecule has 1 N–H and O–H groups in total. The largest absolute Gasteiger partial charge is 0.416 e. The van der Waals surface area contributed by atoms with Crippen LogP contribution in [-0.4, -0.2) is 14.8 Å². The Morgan fingerprint density at radius 3 is 2.60 bits per heavy atom. The maximum Gasteiger partial charge on any atom is 0.416 e. The lowest BCUT2D eigenvalue weighted by Crippen LogP contribution is -2.22. The minimum Gasteiger partial charge on any atom is -0.303 e. The fourth-order valence-corrected chi connectivity index (χ4v) is 1.95. The van der Waals surface area contributed by atoms with Gasteiger partial charge in [-0.3, -0.25) is 4.68 Å². The predicted molar refractivity (Wildman–Crippen MR) is 67.7 cm³/mol. The van der Waals surface area contributed by atoms with Crippen molar-refractivity contribution in [3.8, 4) is 0 Å². The number of aryl methyl sites for hydroxylation is 1. The SMILES string of the molecule is CC(NCc1ncn(C)n1)c1ccccc1C(F)(F)F. The molecule has 1 unspecified atom stereocenters. The number of nitrogens with zero attached hydrogens (tertiary/aromatic N) is 3. The first kappa shape index (κ1) is 14.5. The summed E-state index contributed by atoms with van der Waals surface area (Å²) in [6, 6.07) is 5.11. The van der Waals surface area contributed by atoms with E-state index >= 15 is 0 Å². The van der Waals surface area contributed by atoms with Gasteiger partial charge in [-0.05, 0) is 18.6 Å². The van der Waals surface area contributed by atoms with Crippen molar-refractivity contribution in [3.63, 3.8) is 0 Å². The van der Waals surface area contributed by atoms with Crippen molar-refractivity contribution in [2.75, 3.05) is 0 Å². The molecule has 0 spiro atoms. The van der Waals surface area contributed by atoms with E-state index in [1.54, 1.807) is 31.0 Å². The Bertz CT molecular complexity index is 577. The lowest BCUT2D eigenvalue weighted by atomic mass is 10.0. The fraction of sp³-hybridized carbons (Fsp3) is 0.385. The molecular formula is C13H15F3N4. The number of rotatable bonds is 4. The Morgan fingerprint density at radius 1 is 1.30 bits per heavy atom. The minimum atomic E-state index is -4.35. The molecule has 1 heterocycles. The van der Waals surface area contributed by atoms with E-state index in [0.29, 0.717) is 12.4 Å². The maximum absolute atomic E-state index is 12.9. The summed E-state index contributed by atoms with van der Waals surface area (Å²) >= 11 is 0. The van der Waals surface area contributed by atoms with Crippen molar-refractivity contribution in [1.82, 2.24) is 20.1 Å². The van der Waals surface area contributed by atoms with E-state index in [9.17, 15) is 13.2 Å². The van der Waals surface area contributed by atoms with Crippen LogP contribution in [0, 0.1) is 0 Å². The van der Waals surface area contributed by atoms with Crippen molar-refractivity contribution < 1.29 is 13.2 Å². The van der Waals surface area contributed by atoms with E-state index in [4.69, 9.17) is 0 Å². The molecular weight excluding hydrogens is 269 g/mol. The van der Waals surface area contributed by atoms with Gasteiger partial charge in [0.1, 0.15) is 6.33 Å². The number of alkyl halides is 3. The van der Waals surface area contributed by atoms with Gasteiger partial charge >= 0.3 is 6.18 Å². The van der Waals surface area contributed by atoms with Gasteiger partial charge in [-0.1, -0.05) is 18.2 Å². The zero-order chi connectivity index (χ0) is 14.8. The summed E-state index contributed by atoms with van der Waals surface area (Å²) in [6.45, 7) is 2.00. The second-order valence-electron chi connectivity index (χ2n) is 4.52. The first-order chi connectivity index (χ1) is 9.38. The Hall–Kier alpha value is -1.89. The van der Waals surface area contributed by atoms with Crippen molar-refractivity contribution in [1.29, 1.82) is 0 Å². The Labute approximate surface area is 114 Å². The predicted octanol–water partition coefficient (Wildman–Crippen LogP) is 2.68. The lowest BCUT2D eigenvalue weighted by molar-refractivity contribution is -0.138. The highest BCUT2D eigenvalue weighted by molar-refractivity contribution is 5.32. The third kappa shape index (κ3) is 3.36. The van der Waals surface area contributed by atoms with Gasteiger partial charge in [0, 0.05) is 13.1 Å². The molecule has 0 aliphatic carbocycles. The molecule has 7 heteroatoms. The van der Waals surface area contributed by atoms with E-state index in [2.05, 4.69) is 15.4 Å². The van der Waals surface area contributed by atoms with E-state index in [0.717, 1.165) is 6.07 Å². The molecule has 0 saturated carbocycles. The molecule has 1 aromatic carbocycles. The Morgan fingerprint density at radius 2 is 2.00 bits per heavy atom. The molecule has 108 valence electrons. The van der Waals surface area contributed by atoms with E-state index in [1.807, 2.05) is 0 Å². The van der Waals surface area contributed by atoms with Gasteiger partial charge in [0.05, 0.1) is 12.1 Å². The summed E-state index contributed by atoms with van der Waals surface area (Å²) in [7, 11) is 1.74. The van der Waals surface area contributed by atoms with Crippen molar-refractivity contribution in [3.05, 3.63) is 47.5 Å². The van der Waals surface area contributed by atoms with Crippen LogP contribution in [0.4, 0.5) is 13.2 Å². The van der Waals surface area contributed by atoms with Crippen LogP contribution in [0.2, 0.25) is 0 Å². The Balaban J connectivity index is 2.11. The van der Waals surface area contributed by atoms with Crippen molar-refractivity contribution in [2.45, 2.75) is 25.7 Å². The summed E-state index contributed by atoms with van der Waals surface area (Å²) in [4.78, 5) is 4.02. The zero-order valence-electron chi connectivity index (χ0n) is 11.1. The number of hydrogen-bond donors (Lipinski definition) is 1. The highest BCUT2D eigenvalue weighted by Gasteiger charge is 2.34. The third-order valence-electron chi connectivity index (χ3n) is 2.95. The molecule has 4 nitrogen and oxygen atoms in total. The first-order valence-electron chi connectivity index (χ1n) is 6.12. The molecule has 0 bridgehead atoms. The highest BCUT2D eigenvalue weighted by Crippen LogP contribution is 2.34. The average molecular weight is 284 g/mol. The molecule has 0 aliphatic rings. The van der Waals surface area contributed by atoms with Crippen LogP contribution in [0.1, 0.15) is 29.9 Å². The summed E-state index contributed by atoms with van der Waals surface area (Å²) < 4.78 is 40.3. The molecule has 0 saturated heterocycles. The normalized spacial score (nSPS) is 13.4. The summed E-state index contributed by atoms with van der Waals surface area (Å²) in [5, 5.41) is 7.07. The highest BCUT2D eigenvalue weighted by atomic mass is 19.4. The smallest absolute Gasteiger partial charge is 0.303 e. The Kier molecular flexibility index (Phi) is 4.08. The summed E-state index contributed by atoms with van der Waals surface area (Å²) in [6.07, 6.45) is -2.80. The summed E-state index contributed by atoms with van der Waals surface area (Å²) in [5.41, 5.74) is -0.398. The van der Waals surface area contributed by atoms with Crippen LogP contribution < -0.4 is 5.32 Å². The molecule has 0 radical (unpaired) electrons. The third-order valence-corrected chi connectivity index (χ3v) is 2.95. The van der Waals surface area contributed by atoms with Gasteiger partial charge in [0.15, 0.2) is 5.82 Å². The second kappa shape index (κ2) is 5.62. The topological polar surface area (TPSA) is 42.7 Å². The molecule has 1 atom stereocenters. The molecule has 0 amide bonds. The second-order valence-corrected chi connectivity index (χ2v) is 4.52. The van der Waals surface area contributed by atoms with Crippen molar-refractivity contribution >= 4 is 0 Å². The van der Waals surface area contributed by atoms with Gasteiger partial charge in [0.2, 0.25) is 0 Å². The number of aromatic nitrogens is 3. The van der Waals surface area contributed by atoms with E-state index < -0.39 is 17.8 Å². The van der Waals surface area contributed by atoms with Gasteiger partial charge in [-0.15, -0.1) is 0 Å². The van der Waals surface area contributed by atoms with Gasteiger partial charge < -0.3 is 5.32 Å². The van der Waals surface area contributed by atoms with Gasteiger partial charge in [-0.25, -0.2) is 4.98 Å². The lowest BCUT2D eigenvalue weighted by Gasteiger charge is -2.18. The monoisotopic (exact) mass is 284 g/mol. The number of hydrogen-bond acceptors (Lipinski definition) is 3. The van der Waals surface area contributed by atoms with Gasteiger partial charge in [0.25, 0.3) is 0 Å². The molecule has 0 aliphatic heterocycles. The number of halogens is 3. The molecule has 2 aromatic rings. The van der Waals surface area contributed by atoms with Crippen LogP contribution in [0.3, 0.4) is 0 Å². The standard InChI is InChI=1S/C13H15F3N4/c1-9(17-7-12-18-8-20(2)19-12)10-5-3-4-6-11(10)13(14,15)16/h3-6,8-9,17H,7H2,1-2H3. The van der Waals surface area contributed by atoms with Crippen molar-refractivity contribution in [2.24, 2.45) is 7.05 Å². The number of nitrogens with one attached hydrogen (secondary N) is 1. The van der Waals surface area contributed by atoms with Crippen LogP contribution in [0.25, 0.3) is 0 Å². The molecule has 0 fully saturated rings. The average Bonchev–Trinajstić information content (AvgIpc) is 2.81. The summed E-state index contributed by atoms with van der Waals surface area (Å²) in [5.74, 6) is 0.545. The van der Waals surface area contributed by atoms with Crippen LogP contribution in [-0.2, 0) is 19.8 Å². The zero-order valence-corrected chi connectivity index (χ0v) is 11.1. The van der Waals surface area contributed by atoms with Gasteiger partial charge in [-0.2, -0.15) is 18.3 Å². The number of benzene rings is 1. The minimum absolute atomic E-state index is 0.218. The first-order valence-corrected chi connectivity index (χ1v) is 6.12. The van der Waals surface area contributed by atoms with E-state index in [1.165, 1.54) is 12.1 Å². The van der Waals surface area contributed by atoms with E-state index in [-0.39, 0.29) is 5.56 Å². The maximum atomic E-state index is 12.9. The van der Waals surface area contributed by atoms with Crippen LogP contribution in [0.5, 0.6) is 0 Å². The molecule has 1 aromatic heterocycles.